The molecule has 0 spiro atoms. The normalized spacial score (nSPS) is 12.5. The molecule has 1 aromatic carbocycles. The fourth-order valence-corrected chi connectivity index (χ4v) is 3.25. The number of nitrogens with zero attached hydrogens (tertiary/aromatic N) is 4. The van der Waals surface area contributed by atoms with Gasteiger partial charge in [0.25, 0.3) is 5.56 Å². The Morgan fingerprint density at radius 3 is 2.45 bits per heavy atom. The van der Waals surface area contributed by atoms with Gasteiger partial charge in [-0.25, -0.2) is 4.68 Å². The van der Waals surface area contributed by atoms with Gasteiger partial charge in [0.15, 0.2) is 0 Å². The number of carbonyl (C=O) groups excluding carboxylic acids is 1. The first-order valence-electron chi connectivity index (χ1n) is 9.75. The second kappa shape index (κ2) is 7.82. The summed E-state index contributed by atoms with van der Waals surface area (Å²) in [5.41, 5.74) is -0.925. The number of hydrogen-bond donors (Lipinski definition) is 1. The molecule has 0 fully saturated rings. The van der Waals surface area contributed by atoms with E-state index in [9.17, 15) is 22.8 Å². The average Bonchev–Trinajstić information content (AvgIpc) is 3.09. The zero-order chi connectivity index (χ0) is 23.1. The molecule has 7 nitrogen and oxygen atoms in total. The third-order valence-electron chi connectivity index (χ3n) is 4.66. The second-order valence-corrected chi connectivity index (χ2v) is 8.62. The van der Waals surface area contributed by atoms with E-state index in [4.69, 9.17) is 0 Å². The van der Waals surface area contributed by atoms with Gasteiger partial charge in [-0.3, -0.25) is 14.3 Å². The van der Waals surface area contributed by atoms with E-state index in [2.05, 4.69) is 15.5 Å². The van der Waals surface area contributed by atoms with E-state index in [0.29, 0.717) is 16.6 Å². The van der Waals surface area contributed by atoms with Crippen LogP contribution in [0.4, 0.5) is 18.9 Å². The maximum Gasteiger partial charge on any atom is 0.416 e. The van der Waals surface area contributed by atoms with Crippen LogP contribution in [0.3, 0.4) is 0 Å². The maximum atomic E-state index is 13.1. The maximum absolute atomic E-state index is 13.1. The summed E-state index contributed by atoms with van der Waals surface area (Å²) in [6, 6.07) is 4.30. The van der Waals surface area contributed by atoms with Crippen molar-refractivity contribution in [2.24, 2.45) is 0 Å². The molecule has 0 aliphatic rings. The number of amides is 1. The van der Waals surface area contributed by atoms with E-state index >= 15 is 0 Å². The molecule has 3 rings (SSSR count). The summed E-state index contributed by atoms with van der Waals surface area (Å²) in [6.07, 6.45) is -2.93. The Bertz CT molecular complexity index is 1190. The minimum atomic E-state index is -4.53. The molecule has 1 N–H and O–H groups in total. The number of halogens is 3. The first-order valence-corrected chi connectivity index (χ1v) is 9.75. The van der Waals surface area contributed by atoms with Crippen LogP contribution in [0.2, 0.25) is 0 Å². The molecule has 0 aliphatic carbocycles. The average molecular weight is 435 g/mol. The van der Waals surface area contributed by atoms with Crippen molar-refractivity contribution in [3.05, 3.63) is 52.1 Å². The van der Waals surface area contributed by atoms with Crippen LogP contribution in [-0.2, 0) is 23.1 Å². The van der Waals surface area contributed by atoms with E-state index in [1.54, 1.807) is 10.9 Å². The Morgan fingerprint density at radius 1 is 1.19 bits per heavy atom. The molecule has 31 heavy (non-hydrogen) atoms. The molecule has 3 aromatic rings. The highest BCUT2D eigenvalue weighted by molar-refractivity contribution is 5.91. The lowest BCUT2D eigenvalue weighted by atomic mass is 10.1. The van der Waals surface area contributed by atoms with Gasteiger partial charge in [0.05, 0.1) is 23.0 Å². The standard InChI is InChI=1S/C21H24F3N5O2/c1-12(2)17-15-10-25-29(20(3,4)5)18(15)19(31)28(27-17)11-16(30)26-14-8-6-7-13(9-14)21(22,23)24/h6-10,12H,11H2,1-5H3,(H,26,30). The van der Waals surface area contributed by atoms with Gasteiger partial charge < -0.3 is 5.32 Å². The number of alkyl halides is 3. The summed E-state index contributed by atoms with van der Waals surface area (Å²) < 4.78 is 41.3. The summed E-state index contributed by atoms with van der Waals surface area (Å²) in [6.45, 7) is 9.08. The lowest BCUT2D eigenvalue weighted by Gasteiger charge is -2.21. The highest BCUT2D eigenvalue weighted by Gasteiger charge is 2.30. The van der Waals surface area contributed by atoms with Gasteiger partial charge in [-0.05, 0) is 44.9 Å². The smallest absolute Gasteiger partial charge is 0.324 e. The van der Waals surface area contributed by atoms with Crippen molar-refractivity contribution in [1.82, 2.24) is 19.6 Å². The molecule has 0 atom stereocenters. The number of fused-ring (bicyclic) bond motifs is 1. The third kappa shape index (κ3) is 4.62. The SMILES string of the molecule is CC(C)c1nn(CC(=O)Nc2cccc(C(F)(F)F)c2)c(=O)c2c1cnn2C(C)(C)C. The predicted molar refractivity (Wildman–Crippen MR) is 111 cm³/mol. The van der Waals surface area contributed by atoms with Crippen LogP contribution < -0.4 is 10.9 Å². The largest absolute Gasteiger partial charge is 0.416 e. The molecule has 10 heteroatoms. The monoisotopic (exact) mass is 435 g/mol. The molecular weight excluding hydrogens is 411 g/mol. The van der Waals surface area contributed by atoms with Crippen molar-refractivity contribution in [3.8, 4) is 0 Å². The molecular formula is C21H24F3N5O2. The number of benzene rings is 1. The first kappa shape index (κ1) is 22.5. The first-order chi connectivity index (χ1) is 14.3. The van der Waals surface area contributed by atoms with Gasteiger partial charge >= 0.3 is 6.18 Å². The summed E-state index contributed by atoms with van der Waals surface area (Å²) in [4.78, 5) is 25.6. The van der Waals surface area contributed by atoms with E-state index in [1.807, 2.05) is 34.6 Å². The van der Waals surface area contributed by atoms with Crippen LogP contribution in [0, 0.1) is 0 Å². The molecule has 0 bridgehead atoms. The topological polar surface area (TPSA) is 81.8 Å². The van der Waals surface area contributed by atoms with Crippen LogP contribution in [-0.4, -0.2) is 25.5 Å². The van der Waals surface area contributed by atoms with Gasteiger partial charge in [0, 0.05) is 11.1 Å². The van der Waals surface area contributed by atoms with Gasteiger partial charge in [0.1, 0.15) is 12.1 Å². The number of carbonyl (C=O) groups is 1. The molecule has 0 saturated heterocycles. The fourth-order valence-electron chi connectivity index (χ4n) is 3.25. The zero-order valence-corrected chi connectivity index (χ0v) is 17.9. The lowest BCUT2D eigenvalue weighted by molar-refractivity contribution is -0.137. The number of anilines is 1. The molecule has 166 valence electrons. The van der Waals surface area contributed by atoms with Gasteiger partial charge in [-0.1, -0.05) is 19.9 Å². The zero-order valence-electron chi connectivity index (χ0n) is 17.9. The van der Waals surface area contributed by atoms with Gasteiger partial charge in [-0.2, -0.15) is 23.4 Å². The second-order valence-electron chi connectivity index (χ2n) is 8.62. The number of rotatable bonds is 4. The molecule has 2 heterocycles. The van der Waals surface area contributed by atoms with Crippen LogP contribution in [0.1, 0.15) is 51.8 Å². The van der Waals surface area contributed by atoms with E-state index in [0.717, 1.165) is 16.8 Å². The van der Waals surface area contributed by atoms with Gasteiger partial charge in [-0.15, -0.1) is 0 Å². The molecule has 2 aromatic heterocycles. The van der Waals surface area contributed by atoms with Crippen LogP contribution in [0.25, 0.3) is 10.9 Å². The van der Waals surface area contributed by atoms with Crippen molar-refractivity contribution in [1.29, 1.82) is 0 Å². The number of hydrogen-bond acceptors (Lipinski definition) is 4. The van der Waals surface area contributed by atoms with Crippen molar-refractivity contribution in [2.75, 3.05) is 5.32 Å². The molecule has 1 amide bonds. The molecule has 0 saturated carbocycles. The molecule has 0 unspecified atom stereocenters. The summed E-state index contributed by atoms with van der Waals surface area (Å²) in [5.74, 6) is -0.705. The van der Waals surface area contributed by atoms with Gasteiger partial charge in [0.2, 0.25) is 5.91 Å². The quantitative estimate of drug-likeness (QED) is 0.668. The highest BCUT2D eigenvalue weighted by atomic mass is 19.4. The van der Waals surface area contributed by atoms with E-state index in [-0.39, 0.29) is 11.6 Å². The predicted octanol–water partition coefficient (Wildman–Crippen LogP) is 4.13. The van der Waals surface area contributed by atoms with Crippen molar-refractivity contribution < 1.29 is 18.0 Å². The Morgan fingerprint density at radius 2 is 1.87 bits per heavy atom. The Balaban J connectivity index is 1.99. The van der Waals surface area contributed by atoms with Crippen LogP contribution in [0.5, 0.6) is 0 Å². The van der Waals surface area contributed by atoms with Crippen molar-refractivity contribution >= 4 is 22.5 Å². The Kier molecular flexibility index (Phi) is 5.68. The lowest BCUT2D eigenvalue weighted by Crippen LogP contribution is -2.34. The van der Waals surface area contributed by atoms with Crippen molar-refractivity contribution in [2.45, 2.75) is 58.8 Å². The Hall–Kier alpha value is -3.17. The van der Waals surface area contributed by atoms with E-state index < -0.39 is 35.3 Å². The molecule has 0 radical (unpaired) electrons. The summed E-state index contributed by atoms with van der Waals surface area (Å²) in [5, 5.41) is 11.7. The highest BCUT2D eigenvalue weighted by Crippen LogP contribution is 2.30. The third-order valence-corrected chi connectivity index (χ3v) is 4.66. The Labute approximate surface area is 176 Å². The minimum absolute atomic E-state index is 0.0160. The number of aromatic nitrogens is 4. The fraction of sp³-hybridized carbons (Fsp3) is 0.429. The van der Waals surface area contributed by atoms with E-state index in [1.165, 1.54) is 12.1 Å². The van der Waals surface area contributed by atoms with Crippen LogP contribution >= 0.6 is 0 Å². The minimum Gasteiger partial charge on any atom is -0.324 e. The summed E-state index contributed by atoms with van der Waals surface area (Å²) in [7, 11) is 0. The van der Waals surface area contributed by atoms with Crippen LogP contribution in [0.15, 0.2) is 35.3 Å². The number of nitrogens with one attached hydrogen (secondary N) is 1. The molecule has 0 aliphatic heterocycles. The summed E-state index contributed by atoms with van der Waals surface area (Å²) >= 11 is 0. The van der Waals surface area contributed by atoms with Crippen molar-refractivity contribution in [3.63, 3.8) is 0 Å².